The third-order valence-corrected chi connectivity index (χ3v) is 2.04. The molecule has 0 aliphatic carbocycles. The van der Waals surface area contributed by atoms with Crippen molar-refractivity contribution >= 4 is 0 Å². The Labute approximate surface area is 90.4 Å². The molecule has 1 rings (SSSR count). The number of rotatable bonds is 7. The van der Waals surface area contributed by atoms with Gasteiger partial charge in [-0.2, -0.15) is 0 Å². The van der Waals surface area contributed by atoms with Crippen LogP contribution < -0.4 is 0 Å². The Morgan fingerprint density at radius 1 is 1.33 bits per heavy atom. The topological polar surface area (TPSA) is 49.2 Å². The van der Waals surface area contributed by atoms with Crippen LogP contribution in [-0.4, -0.2) is 41.9 Å². The van der Waals surface area contributed by atoms with E-state index in [2.05, 4.69) is 24.2 Å². The van der Waals surface area contributed by atoms with E-state index in [0.717, 1.165) is 12.2 Å². The Bertz CT molecular complexity index is 273. The number of hydrogen-bond acceptors (Lipinski definition) is 4. The minimum absolute atomic E-state index is 0.424. The molecule has 1 aromatic heterocycles. The maximum atomic E-state index is 5.33. The van der Waals surface area contributed by atoms with E-state index in [-0.39, 0.29) is 0 Å². The molecule has 5 heteroatoms. The molecule has 1 aromatic rings. The summed E-state index contributed by atoms with van der Waals surface area (Å²) < 4.78 is 12.0. The van der Waals surface area contributed by atoms with E-state index in [0.29, 0.717) is 25.7 Å². The van der Waals surface area contributed by atoms with Crippen molar-refractivity contribution in [3.63, 3.8) is 0 Å². The van der Waals surface area contributed by atoms with E-state index < -0.39 is 0 Å². The van der Waals surface area contributed by atoms with Crippen molar-refractivity contribution < 1.29 is 9.47 Å². The van der Waals surface area contributed by atoms with Crippen LogP contribution in [0, 0.1) is 0 Å². The van der Waals surface area contributed by atoms with Crippen LogP contribution in [0.5, 0.6) is 0 Å². The molecule has 86 valence electrons. The fourth-order valence-electron chi connectivity index (χ4n) is 1.09. The molecule has 0 aliphatic heterocycles. The fourth-order valence-corrected chi connectivity index (χ4v) is 1.09. The number of hydrogen-bond donors (Lipinski definition) is 0. The monoisotopic (exact) mass is 213 g/mol. The molecule has 0 saturated heterocycles. The second-order valence-electron chi connectivity index (χ2n) is 3.67. The first-order valence-corrected chi connectivity index (χ1v) is 5.20. The van der Waals surface area contributed by atoms with Gasteiger partial charge in [0.1, 0.15) is 0 Å². The molecule has 0 atom stereocenters. The van der Waals surface area contributed by atoms with Crippen LogP contribution in [0.2, 0.25) is 0 Å². The highest BCUT2D eigenvalue weighted by Crippen LogP contribution is 2.08. The molecule has 1 heterocycles. The first kappa shape index (κ1) is 12.1. The molecule has 0 aromatic carbocycles. The van der Waals surface area contributed by atoms with E-state index >= 15 is 0 Å². The second kappa shape index (κ2) is 6.53. The van der Waals surface area contributed by atoms with Gasteiger partial charge in [0.05, 0.1) is 32.1 Å². The predicted molar refractivity (Wildman–Crippen MR) is 56.8 cm³/mol. The van der Waals surface area contributed by atoms with E-state index in [1.807, 2.05) is 10.9 Å². The van der Waals surface area contributed by atoms with Crippen molar-refractivity contribution in [1.29, 1.82) is 0 Å². The molecule has 0 aliphatic rings. The van der Waals surface area contributed by atoms with Crippen molar-refractivity contribution in [2.75, 3.05) is 26.9 Å². The molecule has 0 radical (unpaired) electrons. The molecule has 5 nitrogen and oxygen atoms in total. The van der Waals surface area contributed by atoms with Gasteiger partial charge in [0.2, 0.25) is 0 Å². The van der Waals surface area contributed by atoms with Crippen molar-refractivity contribution in [3.8, 4) is 0 Å². The number of ether oxygens (including phenoxy) is 2. The largest absolute Gasteiger partial charge is 0.382 e. The smallest absolute Gasteiger partial charge is 0.0852 e. The highest BCUT2D eigenvalue weighted by atomic mass is 16.5. The number of nitrogens with zero attached hydrogens (tertiary/aromatic N) is 3. The zero-order chi connectivity index (χ0) is 11.1. The Morgan fingerprint density at radius 2 is 2.13 bits per heavy atom. The van der Waals surface area contributed by atoms with Crippen LogP contribution >= 0.6 is 0 Å². The highest BCUT2D eigenvalue weighted by molar-refractivity contribution is 4.97. The summed E-state index contributed by atoms with van der Waals surface area (Å²) in [7, 11) is 1.66. The maximum absolute atomic E-state index is 5.33. The minimum atomic E-state index is 0.424. The zero-order valence-corrected chi connectivity index (χ0v) is 9.64. The van der Waals surface area contributed by atoms with Gasteiger partial charge in [-0.25, -0.2) is 4.68 Å². The van der Waals surface area contributed by atoms with Crippen molar-refractivity contribution in [2.24, 2.45) is 0 Å². The first-order chi connectivity index (χ1) is 7.24. The van der Waals surface area contributed by atoms with Gasteiger partial charge in [0.15, 0.2) is 0 Å². The Hall–Kier alpha value is -0.940. The van der Waals surface area contributed by atoms with Gasteiger partial charge in [-0.15, -0.1) is 5.10 Å². The van der Waals surface area contributed by atoms with Crippen molar-refractivity contribution in [3.05, 3.63) is 11.9 Å². The van der Waals surface area contributed by atoms with Crippen LogP contribution in [0.15, 0.2) is 6.20 Å². The summed E-state index contributed by atoms with van der Waals surface area (Å²) in [5.41, 5.74) is 1.02. The molecule has 0 bridgehead atoms. The van der Waals surface area contributed by atoms with Gasteiger partial charge < -0.3 is 9.47 Å². The van der Waals surface area contributed by atoms with Gasteiger partial charge in [-0.05, 0) is 5.92 Å². The summed E-state index contributed by atoms with van der Waals surface area (Å²) in [6.45, 7) is 6.84. The molecule has 0 saturated carbocycles. The fraction of sp³-hybridized carbons (Fsp3) is 0.800. The van der Waals surface area contributed by atoms with Gasteiger partial charge >= 0.3 is 0 Å². The molecule has 0 fully saturated rings. The van der Waals surface area contributed by atoms with Crippen LogP contribution in [-0.2, 0) is 16.0 Å². The standard InChI is InChI=1S/C10H19N3O2/c1-9(2)10-8-13(12-11-10)4-5-15-7-6-14-3/h8-9H,4-7H2,1-3H3. The molecule has 0 N–H and O–H groups in total. The van der Waals surface area contributed by atoms with Crippen LogP contribution in [0.1, 0.15) is 25.5 Å². The lowest BCUT2D eigenvalue weighted by atomic mass is 10.2. The first-order valence-electron chi connectivity index (χ1n) is 5.20. The van der Waals surface area contributed by atoms with Crippen LogP contribution in [0.4, 0.5) is 0 Å². The summed E-state index contributed by atoms with van der Waals surface area (Å²) in [5, 5.41) is 8.07. The summed E-state index contributed by atoms with van der Waals surface area (Å²) >= 11 is 0. The van der Waals surface area contributed by atoms with Crippen LogP contribution in [0.3, 0.4) is 0 Å². The normalized spacial score (nSPS) is 11.2. The zero-order valence-electron chi connectivity index (χ0n) is 9.64. The molecular weight excluding hydrogens is 194 g/mol. The van der Waals surface area contributed by atoms with E-state index in [9.17, 15) is 0 Å². The lowest BCUT2D eigenvalue weighted by Crippen LogP contribution is -2.09. The molecule has 0 amide bonds. The van der Waals surface area contributed by atoms with Crippen molar-refractivity contribution in [2.45, 2.75) is 26.3 Å². The number of aromatic nitrogens is 3. The lowest BCUT2D eigenvalue weighted by Gasteiger charge is -2.02. The quantitative estimate of drug-likeness (QED) is 0.636. The Balaban J connectivity index is 2.20. The third kappa shape index (κ3) is 4.40. The summed E-state index contributed by atoms with van der Waals surface area (Å²) in [4.78, 5) is 0. The molecular formula is C10H19N3O2. The molecule has 0 spiro atoms. The van der Waals surface area contributed by atoms with Gasteiger partial charge in [-0.1, -0.05) is 19.1 Å². The Kier molecular flexibility index (Phi) is 5.28. The minimum Gasteiger partial charge on any atom is -0.382 e. The summed E-state index contributed by atoms with van der Waals surface area (Å²) in [6, 6.07) is 0. The Morgan fingerprint density at radius 3 is 2.73 bits per heavy atom. The highest BCUT2D eigenvalue weighted by Gasteiger charge is 2.03. The van der Waals surface area contributed by atoms with Crippen LogP contribution in [0.25, 0.3) is 0 Å². The molecule has 0 unspecified atom stereocenters. The van der Waals surface area contributed by atoms with Gasteiger partial charge in [-0.3, -0.25) is 0 Å². The van der Waals surface area contributed by atoms with E-state index in [1.54, 1.807) is 7.11 Å². The maximum Gasteiger partial charge on any atom is 0.0852 e. The van der Waals surface area contributed by atoms with Gasteiger partial charge in [0.25, 0.3) is 0 Å². The average molecular weight is 213 g/mol. The third-order valence-electron chi connectivity index (χ3n) is 2.04. The van der Waals surface area contributed by atoms with E-state index in [4.69, 9.17) is 9.47 Å². The SMILES string of the molecule is COCCOCCn1cc(C(C)C)nn1. The average Bonchev–Trinajstić information content (AvgIpc) is 2.66. The molecule has 15 heavy (non-hydrogen) atoms. The van der Waals surface area contributed by atoms with Gasteiger partial charge in [0, 0.05) is 13.3 Å². The van der Waals surface area contributed by atoms with E-state index in [1.165, 1.54) is 0 Å². The number of methoxy groups -OCH3 is 1. The summed E-state index contributed by atoms with van der Waals surface area (Å²) in [6.07, 6.45) is 1.96. The summed E-state index contributed by atoms with van der Waals surface area (Å²) in [5.74, 6) is 0.424. The second-order valence-corrected chi connectivity index (χ2v) is 3.67. The van der Waals surface area contributed by atoms with Crippen molar-refractivity contribution in [1.82, 2.24) is 15.0 Å². The predicted octanol–water partition coefficient (Wildman–Crippen LogP) is 1.06. The lowest BCUT2D eigenvalue weighted by molar-refractivity contribution is 0.0652.